The Kier molecular flexibility index (Phi) is 3.45. The van der Waals surface area contributed by atoms with Crippen LogP contribution < -0.4 is 0 Å². The summed E-state index contributed by atoms with van der Waals surface area (Å²) in [5.41, 5.74) is 0. The normalized spacial score (nSPS) is 19.5. The van der Waals surface area contributed by atoms with Gasteiger partial charge in [0.25, 0.3) is 0 Å². The summed E-state index contributed by atoms with van der Waals surface area (Å²) in [6.07, 6.45) is 2.25. The lowest BCUT2D eigenvalue weighted by atomic mass is 10.0. The molecule has 0 radical (unpaired) electrons. The first-order valence-corrected chi connectivity index (χ1v) is 4.38. The topological polar surface area (TPSA) is 9.23 Å². The Labute approximate surface area is 69.1 Å². The van der Waals surface area contributed by atoms with Crippen molar-refractivity contribution in [1.29, 1.82) is 0 Å². The maximum atomic E-state index is 5.24. The Bertz CT molecular complexity index is 155. The van der Waals surface area contributed by atoms with Gasteiger partial charge >= 0.3 is 0 Å². The Morgan fingerprint density at radius 3 is 2.45 bits per heavy atom. The highest BCUT2D eigenvalue weighted by atomic mass is 16.5. The summed E-state index contributed by atoms with van der Waals surface area (Å²) in [5.74, 6) is 7.62. The van der Waals surface area contributed by atoms with Crippen LogP contribution in [0, 0.1) is 23.7 Å². The maximum Gasteiger partial charge on any atom is 0.0477 e. The van der Waals surface area contributed by atoms with Crippen LogP contribution in [0.3, 0.4) is 0 Å². The van der Waals surface area contributed by atoms with E-state index >= 15 is 0 Å². The van der Waals surface area contributed by atoms with Gasteiger partial charge in [-0.2, -0.15) is 0 Å². The van der Waals surface area contributed by atoms with E-state index in [1.165, 1.54) is 0 Å². The molecule has 0 aromatic rings. The number of ether oxygens (including phenoxy) is 1. The second-order valence-corrected chi connectivity index (χ2v) is 3.33. The Hall–Kier alpha value is -0.480. The van der Waals surface area contributed by atoms with Crippen molar-refractivity contribution >= 4 is 0 Å². The molecular weight excluding hydrogens is 136 g/mol. The average Bonchev–Trinajstić information content (AvgIpc) is 2.03. The zero-order valence-corrected chi connectivity index (χ0v) is 7.39. The molecular formula is C10H16O. The van der Waals surface area contributed by atoms with Crippen molar-refractivity contribution in [3.8, 4) is 11.8 Å². The van der Waals surface area contributed by atoms with E-state index in [1.54, 1.807) is 0 Å². The van der Waals surface area contributed by atoms with Crippen LogP contribution in [-0.4, -0.2) is 13.2 Å². The van der Waals surface area contributed by atoms with Crippen LogP contribution in [0.15, 0.2) is 0 Å². The van der Waals surface area contributed by atoms with Gasteiger partial charge in [-0.1, -0.05) is 19.8 Å². The van der Waals surface area contributed by atoms with Gasteiger partial charge in [0.1, 0.15) is 0 Å². The van der Waals surface area contributed by atoms with E-state index in [9.17, 15) is 0 Å². The van der Waals surface area contributed by atoms with Crippen molar-refractivity contribution in [2.45, 2.75) is 26.7 Å². The molecule has 0 aromatic carbocycles. The second kappa shape index (κ2) is 4.41. The molecule has 1 fully saturated rings. The lowest BCUT2D eigenvalue weighted by Gasteiger charge is -2.16. The molecule has 0 spiro atoms. The minimum absolute atomic E-state index is 0.512. The molecule has 0 unspecified atom stereocenters. The predicted octanol–water partition coefficient (Wildman–Crippen LogP) is 2.07. The van der Waals surface area contributed by atoms with E-state index in [2.05, 4.69) is 25.7 Å². The summed E-state index contributed by atoms with van der Waals surface area (Å²) < 4.78 is 5.24. The SMILES string of the molecule is CC(C)C#CC1CCOCC1. The fraction of sp³-hybridized carbons (Fsp3) is 0.800. The van der Waals surface area contributed by atoms with Crippen LogP contribution in [0.2, 0.25) is 0 Å². The second-order valence-electron chi connectivity index (χ2n) is 3.33. The van der Waals surface area contributed by atoms with Crippen molar-refractivity contribution in [3.05, 3.63) is 0 Å². The van der Waals surface area contributed by atoms with Gasteiger partial charge in [0, 0.05) is 25.0 Å². The van der Waals surface area contributed by atoms with E-state index in [0.29, 0.717) is 11.8 Å². The van der Waals surface area contributed by atoms with Crippen LogP contribution in [0.4, 0.5) is 0 Å². The van der Waals surface area contributed by atoms with Crippen LogP contribution >= 0.6 is 0 Å². The largest absolute Gasteiger partial charge is 0.381 e. The van der Waals surface area contributed by atoms with Crippen molar-refractivity contribution < 1.29 is 4.74 Å². The molecule has 0 bridgehead atoms. The smallest absolute Gasteiger partial charge is 0.0477 e. The molecule has 0 atom stereocenters. The van der Waals surface area contributed by atoms with Gasteiger partial charge in [-0.05, 0) is 12.8 Å². The third-order valence-electron chi connectivity index (χ3n) is 1.80. The van der Waals surface area contributed by atoms with Gasteiger partial charge in [0.05, 0.1) is 0 Å². The fourth-order valence-electron chi connectivity index (χ4n) is 1.13. The first kappa shape index (κ1) is 8.62. The van der Waals surface area contributed by atoms with Crippen molar-refractivity contribution in [3.63, 3.8) is 0 Å². The average molecular weight is 152 g/mol. The maximum absolute atomic E-state index is 5.24. The Morgan fingerprint density at radius 1 is 1.27 bits per heavy atom. The van der Waals surface area contributed by atoms with Crippen LogP contribution in [0.25, 0.3) is 0 Å². The summed E-state index contributed by atoms with van der Waals surface area (Å²) in [4.78, 5) is 0. The van der Waals surface area contributed by atoms with E-state index in [1.807, 2.05) is 0 Å². The Morgan fingerprint density at radius 2 is 1.91 bits per heavy atom. The zero-order chi connectivity index (χ0) is 8.10. The lowest BCUT2D eigenvalue weighted by molar-refractivity contribution is 0.0806. The summed E-state index contributed by atoms with van der Waals surface area (Å²) >= 11 is 0. The molecule has 1 saturated heterocycles. The monoisotopic (exact) mass is 152 g/mol. The minimum Gasteiger partial charge on any atom is -0.381 e. The summed E-state index contributed by atoms with van der Waals surface area (Å²) in [6.45, 7) is 6.06. The zero-order valence-electron chi connectivity index (χ0n) is 7.39. The van der Waals surface area contributed by atoms with Gasteiger partial charge in [0.2, 0.25) is 0 Å². The molecule has 0 N–H and O–H groups in total. The highest BCUT2D eigenvalue weighted by molar-refractivity contribution is 5.05. The molecule has 1 nitrogen and oxygen atoms in total. The highest BCUT2D eigenvalue weighted by Crippen LogP contribution is 2.13. The van der Waals surface area contributed by atoms with Gasteiger partial charge in [-0.3, -0.25) is 0 Å². The quantitative estimate of drug-likeness (QED) is 0.483. The highest BCUT2D eigenvalue weighted by Gasteiger charge is 2.09. The molecule has 0 amide bonds. The van der Waals surface area contributed by atoms with Gasteiger partial charge < -0.3 is 4.74 Å². The van der Waals surface area contributed by atoms with Gasteiger partial charge in [-0.25, -0.2) is 0 Å². The van der Waals surface area contributed by atoms with Crippen LogP contribution in [0.1, 0.15) is 26.7 Å². The molecule has 1 heteroatoms. The predicted molar refractivity (Wildman–Crippen MR) is 46.2 cm³/mol. The number of hydrogen-bond acceptors (Lipinski definition) is 1. The van der Waals surface area contributed by atoms with Crippen molar-refractivity contribution in [1.82, 2.24) is 0 Å². The standard InChI is InChI=1S/C10H16O/c1-9(2)3-4-10-5-7-11-8-6-10/h9-10H,5-8H2,1-2H3. The first-order valence-electron chi connectivity index (χ1n) is 4.38. The number of rotatable bonds is 0. The third-order valence-corrected chi connectivity index (χ3v) is 1.80. The van der Waals surface area contributed by atoms with Crippen LogP contribution in [-0.2, 0) is 4.74 Å². The van der Waals surface area contributed by atoms with E-state index in [4.69, 9.17) is 4.74 Å². The summed E-state index contributed by atoms with van der Waals surface area (Å²) in [5, 5.41) is 0. The first-order chi connectivity index (χ1) is 5.29. The molecule has 0 aromatic heterocycles. The molecule has 62 valence electrons. The lowest BCUT2D eigenvalue weighted by Crippen LogP contribution is -2.14. The number of hydrogen-bond donors (Lipinski definition) is 0. The van der Waals surface area contributed by atoms with Crippen LogP contribution in [0.5, 0.6) is 0 Å². The van der Waals surface area contributed by atoms with Gasteiger partial charge in [-0.15, -0.1) is 5.92 Å². The molecule has 1 aliphatic rings. The van der Waals surface area contributed by atoms with Gasteiger partial charge in [0.15, 0.2) is 0 Å². The minimum atomic E-state index is 0.512. The summed E-state index contributed by atoms with van der Waals surface area (Å²) in [7, 11) is 0. The molecule has 1 rings (SSSR count). The van der Waals surface area contributed by atoms with E-state index in [0.717, 1.165) is 26.1 Å². The Balaban J connectivity index is 2.31. The summed E-state index contributed by atoms with van der Waals surface area (Å²) in [6, 6.07) is 0. The molecule has 1 heterocycles. The molecule has 11 heavy (non-hydrogen) atoms. The fourth-order valence-corrected chi connectivity index (χ4v) is 1.13. The third kappa shape index (κ3) is 3.43. The molecule has 0 aliphatic carbocycles. The van der Waals surface area contributed by atoms with Crippen molar-refractivity contribution in [2.24, 2.45) is 11.8 Å². The molecule has 1 aliphatic heterocycles. The van der Waals surface area contributed by atoms with Crippen molar-refractivity contribution in [2.75, 3.05) is 13.2 Å². The van der Waals surface area contributed by atoms with E-state index in [-0.39, 0.29) is 0 Å². The van der Waals surface area contributed by atoms with E-state index < -0.39 is 0 Å². The molecule has 0 saturated carbocycles.